The Hall–Kier alpha value is -3.83. The number of carbonyl (C=O) groups is 2. The molecule has 2 aromatic carbocycles. The molecule has 11 nitrogen and oxygen atoms in total. The second-order valence-corrected chi connectivity index (χ2v) is 10.3. The van der Waals surface area contributed by atoms with Crippen LogP contribution < -0.4 is 19.5 Å². The Labute approximate surface area is 242 Å². The molecule has 1 unspecified atom stereocenters. The zero-order valence-corrected chi connectivity index (χ0v) is 24.6. The number of nitrogens with zero attached hydrogens (tertiary/aromatic N) is 4. The number of rotatable bonds is 11. The fourth-order valence-electron chi connectivity index (χ4n) is 4.95. The second-order valence-electron chi connectivity index (χ2n) is 10.3. The summed E-state index contributed by atoms with van der Waals surface area (Å²) in [6.45, 7) is 7.66. The first-order valence-electron chi connectivity index (χ1n) is 13.9. The molecule has 1 N–H and O–H groups in total. The standard InChI is InChI=1S/C30H41N5O6/c1-21(2)31-30(37)34(13-12-33-14-16-41-17-15-33)20-29(36)35-27(25-18-24(39-4)10-11-28(25)40-5)19-26(32-35)22-6-8-23(38-3)9-7-22/h6-11,18,21,27H,12-17,19-20H2,1-5H3,(H,31,37). The van der Waals surface area contributed by atoms with E-state index in [9.17, 15) is 9.59 Å². The minimum atomic E-state index is -0.445. The quantitative estimate of drug-likeness (QED) is 0.445. The van der Waals surface area contributed by atoms with Gasteiger partial charge in [0, 0.05) is 44.2 Å². The molecule has 1 atom stereocenters. The lowest BCUT2D eigenvalue weighted by molar-refractivity contribution is -0.133. The number of methoxy groups -OCH3 is 3. The molecule has 222 valence electrons. The molecular weight excluding hydrogens is 526 g/mol. The van der Waals surface area contributed by atoms with Crippen LogP contribution in [-0.4, -0.2) is 106 Å². The fraction of sp³-hybridized carbons (Fsp3) is 0.500. The largest absolute Gasteiger partial charge is 0.497 e. The van der Waals surface area contributed by atoms with Gasteiger partial charge in [0.05, 0.1) is 46.3 Å². The number of hydrogen-bond donors (Lipinski definition) is 1. The molecule has 1 fully saturated rings. The number of ether oxygens (including phenoxy) is 4. The Bertz CT molecular complexity index is 1210. The van der Waals surface area contributed by atoms with Crippen LogP contribution in [0.1, 0.15) is 37.4 Å². The Morgan fingerprint density at radius 3 is 2.34 bits per heavy atom. The number of carbonyl (C=O) groups excluding carboxylic acids is 2. The van der Waals surface area contributed by atoms with Gasteiger partial charge in [-0.3, -0.25) is 9.69 Å². The smallest absolute Gasteiger partial charge is 0.318 e. The number of urea groups is 1. The normalized spacial score (nSPS) is 17.3. The van der Waals surface area contributed by atoms with Gasteiger partial charge in [-0.05, 0) is 61.9 Å². The van der Waals surface area contributed by atoms with Gasteiger partial charge in [0.1, 0.15) is 23.8 Å². The van der Waals surface area contributed by atoms with Crippen molar-refractivity contribution < 1.29 is 28.5 Å². The highest BCUT2D eigenvalue weighted by Gasteiger charge is 2.36. The van der Waals surface area contributed by atoms with Crippen molar-refractivity contribution >= 4 is 17.6 Å². The molecule has 0 radical (unpaired) electrons. The van der Waals surface area contributed by atoms with Crippen molar-refractivity contribution in [2.75, 3.05) is 67.3 Å². The van der Waals surface area contributed by atoms with Crippen molar-refractivity contribution in [3.05, 3.63) is 53.6 Å². The highest BCUT2D eigenvalue weighted by Crippen LogP contribution is 2.39. The second kappa shape index (κ2) is 14.2. The van der Waals surface area contributed by atoms with E-state index in [1.165, 1.54) is 5.01 Å². The predicted molar refractivity (Wildman–Crippen MR) is 156 cm³/mol. The monoisotopic (exact) mass is 567 g/mol. The van der Waals surface area contributed by atoms with Crippen molar-refractivity contribution in [2.24, 2.45) is 5.10 Å². The van der Waals surface area contributed by atoms with Crippen LogP contribution in [0.3, 0.4) is 0 Å². The summed E-state index contributed by atoms with van der Waals surface area (Å²) in [7, 11) is 4.82. The number of hydrazone groups is 1. The third-order valence-electron chi connectivity index (χ3n) is 7.20. The third-order valence-corrected chi connectivity index (χ3v) is 7.20. The van der Waals surface area contributed by atoms with E-state index in [4.69, 9.17) is 24.0 Å². The first-order chi connectivity index (χ1) is 19.8. The number of benzene rings is 2. The molecule has 0 bridgehead atoms. The SMILES string of the molecule is COc1ccc(C2=NN(C(=O)CN(CCN3CCOCC3)C(=O)NC(C)C)C(c3cc(OC)ccc3OC)C2)cc1. The van der Waals surface area contributed by atoms with Crippen LogP contribution in [0, 0.1) is 0 Å². The van der Waals surface area contributed by atoms with Gasteiger partial charge in [-0.1, -0.05) is 0 Å². The molecule has 2 aliphatic rings. The van der Waals surface area contributed by atoms with E-state index >= 15 is 0 Å². The molecule has 0 aliphatic carbocycles. The first-order valence-corrected chi connectivity index (χ1v) is 13.9. The van der Waals surface area contributed by atoms with Crippen LogP contribution in [0.5, 0.6) is 17.2 Å². The summed E-state index contributed by atoms with van der Waals surface area (Å²) in [6, 6.07) is 12.3. The maximum Gasteiger partial charge on any atom is 0.318 e. The summed E-state index contributed by atoms with van der Waals surface area (Å²) < 4.78 is 21.9. The van der Waals surface area contributed by atoms with Crippen LogP contribution >= 0.6 is 0 Å². The van der Waals surface area contributed by atoms with E-state index in [2.05, 4.69) is 10.2 Å². The zero-order valence-electron chi connectivity index (χ0n) is 24.6. The van der Waals surface area contributed by atoms with Gasteiger partial charge in [0.25, 0.3) is 5.91 Å². The lowest BCUT2D eigenvalue weighted by atomic mass is 9.97. The van der Waals surface area contributed by atoms with Crippen molar-refractivity contribution in [3.8, 4) is 17.2 Å². The molecule has 11 heteroatoms. The van der Waals surface area contributed by atoms with Gasteiger partial charge in [-0.15, -0.1) is 0 Å². The molecule has 2 aromatic rings. The highest BCUT2D eigenvalue weighted by atomic mass is 16.5. The Morgan fingerprint density at radius 2 is 1.71 bits per heavy atom. The van der Waals surface area contributed by atoms with Gasteiger partial charge >= 0.3 is 6.03 Å². The maximum atomic E-state index is 14.0. The zero-order chi connectivity index (χ0) is 29.4. The summed E-state index contributed by atoms with van der Waals surface area (Å²) in [5.41, 5.74) is 2.41. The lowest BCUT2D eigenvalue weighted by Gasteiger charge is -2.31. The van der Waals surface area contributed by atoms with Crippen molar-refractivity contribution in [1.82, 2.24) is 20.1 Å². The van der Waals surface area contributed by atoms with Crippen LogP contribution in [-0.2, 0) is 9.53 Å². The average molecular weight is 568 g/mol. The molecule has 2 heterocycles. The Morgan fingerprint density at radius 1 is 1.02 bits per heavy atom. The van der Waals surface area contributed by atoms with Gasteiger partial charge in [-0.25, -0.2) is 9.80 Å². The molecule has 0 saturated carbocycles. The minimum absolute atomic E-state index is 0.0660. The van der Waals surface area contributed by atoms with Gasteiger partial charge in [0.15, 0.2) is 0 Å². The van der Waals surface area contributed by atoms with Gasteiger partial charge in [-0.2, -0.15) is 5.10 Å². The maximum absolute atomic E-state index is 14.0. The summed E-state index contributed by atoms with van der Waals surface area (Å²) in [5, 5.41) is 9.23. The van der Waals surface area contributed by atoms with E-state index in [-0.39, 0.29) is 24.5 Å². The van der Waals surface area contributed by atoms with Crippen LogP contribution in [0.4, 0.5) is 4.79 Å². The highest BCUT2D eigenvalue weighted by molar-refractivity contribution is 6.03. The van der Waals surface area contributed by atoms with E-state index < -0.39 is 6.04 Å². The molecule has 2 aliphatic heterocycles. The topological polar surface area (TPSA) is 105 Å². The summed E-state index contributed by atoms with van der Waals surface area (Å²) >= 11 is 0. The van der Waals surface area contributed by atoms with E-state index in [1.54, 1.807) is 26.2 Å². The molecule has 0 aromatic heterocycles. The van der Waals surface area contributed by atoms with E-state index in [0.29, 0.717) is 44.2 Å². The predicted octanol–water partition coefficient (Wildman–Crippen LogP) is 3.14. The number of amides is 3. The number of hydrogen-bond acceptors (Lipinski definition) is 8. The summed E-state index contributed by atoms with van der Waals surface area (Å²) in [4.78, 5) is 31.0. The Kier molecular flexibility index (Phi) is 10.4. The van der Waals surface area contributed by atoms with Crippen LogP contribution in [0.2, 0.25) is 0 Å². The summed E-state index contributed by atoms with van der Waals surface area (Å²) in [6.07, 6.45) is 0.466. The van der Waals surface area contributed by atoms with Crippen molar-refractivity contribution in [3.63, 3.8) is 0 Å². The minimum Gasteiger partial charge on any atom is -0.497 e. The van der Waals surface area contributed by atoms with Gasteiger partial charge in [0.2, 0.25) is 0 Å². The number of nitrogens with one attached hydrogen (secondary N) is 1. The number of morpholine rings is 1. The molecule has 1 saturated heterocycles. The van der Waals surface area contributed by atoms with Crippen molar-refractivity contribution in [1.29, 1.82) is 0 Å². The summed E-state index contributed by atoms with van der Waals surface area (Å²) in [5.74, 6) is 1.72. The van der Waals surface area contributed by atoms with Crippen molar-refractivity contribution in [2.45, 2.75) is 32.4 Å². The molecular formula is C30H41N5O6. The molecule has 41 heavy (non-hydrogen) atoms. The van der Waals surface area contributed by atoms with Crippen LogP contribution in [0.25, 0.3) is 0 Å². The van der Waals surface area contributed by atoms with E-state index in [0.717, 1.165) is 35.7 Å². The lowest BCUT2D eigenvalue weighted by Crippen LogP contribution is -2.50. The fourth-order valence-corrected chi connectivity index (χ4v) is 4.95. The molecule has 4 rings (SSSR count). The third kappa shape index (κ3) is 7.68. The average Bonchev–Trinajstić information content (AvgIpc) is 3.44. The molecule has 0 spiro atoms. The van der Waals surface area contributed by atoms with E-state index in [1.807, 2.05) is 56.3 Å². The first kappa shape index (κ1) is 30.1. The Balaban J connectivity index is 1.63. The molecule has 3 amide bonds. The van der Waals surface area contributed by atoms with Crippen LogP contribution in [0.15, 0.2) is 47.6 Å². The van der Waals surface area contributed by atoms with Gasteiger partial charge < -0.3 is 29.2 Å².